The van der Waals surface area contributed by atoms with Crippen LogP contribution < -0.4 is 5.32 Å². The maximum atomic E-state index is 5.65. The van der Waals surface area contributed by atoms with E-state index >= 15 is 0 Å². The maximum Gasteiger partial charge on any atom is 0.173 e. The SMILES string of the molecule is Cc1ccc(CN2CCN(C(=S)Nc3cnn(Cc4ccc(C)cc4)c3)CC2)cc1. The standard InChI is InChI=1S/C24H29N5S/c1-19-3-7-21(8-4-19)16-27-11-13-28(14-12-27)24(30)26-23-15-25-29(18-23)17-22-9-5-20(2)6-10-22/h3-10,15,18H,11-14,16-17H2,1-2H3,(H,26,30). The molecule has 0 radical (unpaired) electrons. The molecule has 4 rings (SSSR count). The van der Waals surface area contributed by atoms with Crippen molar-refractivity contribution in [3.8, 4) is 0 Å². The first-order chi connectivity index (χ1) is 14.5. The third kappa shape index (κ3) is 5.46. The van der Waals surface area contributed by atoms with E-state index in [1.165, 1.54) is 22.3 Å². The van der Waals surface area contributed by atoms with Crippen LogP contribution in [0.4, 0.5) is 5.69 Å². The van der Waals surface area contributed by atoms with Crippen LogP contribution in [0, 0.1) is 13.8 Å². The molecular weight excluding hydrogens is 390 g/mol. The molecule has 156 valence electrons. The van der Waals surface area contributed by atoms with Gasteiger partial charge in [0.1, 0.15) is 0 Å². The van der Waals surface area contributed by atoms with Crippen molar-refractivity contribution >= 4 is 23.0 Å². The minimum Gasteiger partial charge on any atom is -0.346 e. The molecule has 1 saturated heterocycles. The largest absolute Gasteiger partial charge is 0.346 e. The molecule has 0 amide bonds. The number of benzene rings is 2. The number of hydrogen-bond donors (Lipinski definition) is 1. The highest BCUT2D eigenvalue weighted by molar-refractivity contribution is 7.80. The van der Waals surface area contributed by atoms with E-state index in [1.807, 2.05) is 17.1 Å². The van der Waals surface area contributed by atoms with Crippen LogP contribution in [0.3, 0.4) is 0 Å². The highest BCUT2D eigenvalue weighted by Crippen LogP contribution is 2.13. The summed E-state index contributed by atoms with van der Waals surface area (Å²) in [6.07, 6.45) is 3.86. The van der Waals surface area contributed by atoms with Crippen LogP contribution in [0.2, 0.25) is 0 Å². The second kappa shape index (κ2) is 9.41. The van der Waals surface area contributed by atoms with Crippen LogP contribution in [-0.2, 0) is 13.1 Å². The topological polar surface area (TPSA) is 36.3 Å². The zero-order valence-electron chi connectivity index (χ0n) is 17.7. The smallest absolute Gasteiger partial charge is 0.173 e. The molecule has 0 unspecified atom stereocenters. The fourth-order valence-corrected chi connectivity index (χ4v) is 3.96. The predicted molar refractivity (Wildman–Crippen MR) is 127 cm³/mol. The third-order valence-corrected chi connectivity index (χ3v) is 5.90. The molecule has 0 aliphatic carbocycles. The number of anilines is 1. The molecule has 0 spiro atoms. The van der Waals surface area contributed by atoms with Crippen LogP contribution in [0.5, 0.6) is 0 Å². The average Bonchev–Trinajstić information content (AvgIpc) is 3.18. The Morgan fingerprint density at radius 1 is 0.867 bits per heavy atom. The number of nitrogens with zero attached hydrogens (tertiary/aromatic N) is 4. The molecule has 1 aromatic heterocycles. The Morgan fingerprint density at radius 2 is 1.43 bits per heavy atom. The molecule has 2 aromatic carbocycles. The monoisotopic (exact) mass is 419 g/mol. The zero-order valence-corrected chi connectivity index (χ0v) is 18.5. The Bertz CT molecular complexity index is 970. The van der Waals surface area contributed by atoms with Crippen LogP contribution in [0.15, 0.2) is 60.9 Å². The number of hydrogen-bond acceptors (Lipinski definition) is 3. The fraction of sp³-hybridized carbons (Fsp3) is 0.333. The third-order valence-electron chi connectivity index (χ3n) is 5.54. The molecule has 2 heterocycles. The van der Waals surface area contributed by atoms with E-state index in [0.29, 0.717) is 0 Å². The van der Waals surface area contributed by atoms with E-state index in [1.54, 1.807) is 0 Å². The van der Waals surface area contributed by atoms with Gasteiger partial charge in [0, 0.05) is 38.9 Å². The molecule has 1 fully saturated rings. The van der Waals surface area contributed by atoms with Gasteiger partial charge in [0.2, 0.25) is 0 Å². The van der Waals surface area contributed by atoms with Gasteiger partial charge in [-0.2, -0.15) is 5.10 Å². The minimum atomic E-state index is 0.756. The summed E-state index contributed by atoms with van der Waals surface area (Å²) < 4.78 is 1.94. The summed E-state index contributed by atoms with van der Waals surface area (Å²) in [7, 11) is 0. The van der Waals surface area contributed by atoms with Gasteiger partial charge in [-0.25, -0.2) is 0 Å². The lowest BCUT2D eigenvalue weighted by Gasteiger charge is -2.36. The highest BCUT2D eigenvalue weighted by atomic mass is 32.1. The van der Waals surface area contributed by atoms with Crippen molar-refractivity contribution in [2.24, 2.45) is 0 Å². The highest BCUT2D eigenvalue weighted by Gasteiger charge is 2.19. The van der Waals surface area contributed by atoms with Crippen LogP contribution in [-0.4, -0.2) is 50.9 Å². The van der Waals surface area contributed by atoms with Crippen molar-refractivity contribution in [1.29, 1.82) is 0 Å². The van der Waals surface area contributed by atoms with E-state index in [4.69, 9.17) is 12.2 Å². The summed E-state index contributed by atoms with van der Waals surface area (Å²) in [6.45, 7) is 9.90. The number of aryl methyl sites for hydroxylation is 2. The zero-order chi connectivity index (χ0) is 20.9. The maximum absolute atomic E-state index is 5.65. The van der Waals surface area contributed by atoms with E-state index in [-0.39, 0.29) is 0 Å². The van der Waals surface area contributed by atoms with Crippen molar-refractivity contribution in [3.05, 3.63) is 83.2 Å². The van der Waals surface area contributed by atoms with Gasteiger partial charge < -0.3 is 10.2 Å². The Balaban J connectivity index is 1.25. The van der Waals surface area contributed by atoms with Gasteiger partial charge in [0.15, 0.2) is 5.11 Å². The molecule has 0 atom stereocenters. The summed E-state index contributed by atoms with van der Waals surface area (Å²) >= 11 is 5.65. The van der Waals surface area contributed by atoms with Gasteiger partial charge in [0.25, 0.3) is 0 Å². The lowest BCUT2D eigenvalue weighted by atomic mass is 10.1. The van der Waals surface area contributed by atoms with Gasteiger partial charge in [-0.1, -0.05) is 59.7 Å². The molecule has 0 saturated carbocycles. The molecule has 0 bridgehead atoms. The molecule has 1 N–H and O–H groups in total. The molecule has 30 heavy (non-hydrogen) atoms. The van der Waals surface area contributed by atoms with Crippen LogP contribution >= 0.6 is 12.2 Å². The number of aromatic nitrogens is 2. The van der Waals surface area contributed by atoms with Gasteiger partial charge in [0.05, 0.1) is 18.4 Å². The van der Waals surface area contributed by atoms with Crippen LogP contribution in [0.1, 0.15) is 22.3 Å². The van der Waals surface area contributed by atoms with Gasteiger partial charge in [-0.3, -0.25) is 9.58 Å². The van der Waals surface area contributed by atoms with Gasteiger partial charge >= 0.3 is 0 Å². The van der Waals surface area contributed by atoms with E-state index < -0.39 is 0 Å². The second-order valence-electron chi connectivity index (χ2n) is 8.09. The summed E-state index contributed by atoms with van der Waals surface area (Å²) in [5.41, 5.74) is 6.13. The fourth-order valence-electron chi connectivity index (χ4n) is 3.66. The molecule has 1 aliphatic rings. The lowest BCUT2D eigenvalue weighted by molar-refractivity contribution is 0.177. The Kier molecular flexibility index (Phi) is 6.45. The molecule has 6 heteroatoms. The Labute approximate surface area is 184 Å². The normalized spacial score (nSPS) is 14.7. The first-order valence-corrected chi connectivity index (χ1v) is 10.9. The quantitative estimate of drug-likeness (QED) is 0.631. The van der Waals surface area contributed by atoms with E-state index in [2.05, 4.69) is 82.6 Å². The Morgan fingerprint density at radius 3 is 2.03 bits per heavy atom. The molecular formula is C24H29N5S. The summed E-state index contributed by atoms with van der Waals surface area (Å²) in [4.78, 5) is 4.74. The van der Waals surface area contributed by atoms with Crippen molar-refractivity contribution in [1.82, 2.24) is 19.6 Å². The lowest BCUT2D eigenvalue weighted by Crippen LogP contribution is -2.49. The number of piperazine rings is 1. The number of thiocarbonyl (C=S) groups is 1. The van der Waals surface area contributed by atoms with Crippen molar-refractivity contribution in [2.75, 3.05) is 31.5 Å². The Hall–Kier alpha value is -2.70. The van der Waals surface area contributed by atoms with Gasteiger partial charge in [-0.05, 0) is 37.2 Å². The first kappa shape index (κ1) is 20.6. The summed E-state index contributed by atoms with van der Waals surface area (Å²) in [6, 6.07) is 17.4. The van der Waals surface area contributed by atoms with E-state index in [0.717, 1.165) is 50.1 Å². The van der Waals surface area contributed by atoms with E-state index in [9.17, 15) is 0 Å². The van der Waals surface area contributed by atoms with Crippen molar-refractivity contribution in [2.45, 2.75) is 26.9 Å². The van der Waals surface area contributed by atoms with Crippen molar-refractivity contribution < 1.29 is 0 Å². The molecule has 3 aromatic rings. The predicted octanol–water partition coefficient (Wildman–Crippen LogP) is 4.06. The van der Waals surface area contributed by atoms with Crippen molar-refractivity contribution in [3.63, 3.8) is 0 Å². The molecule has 5 nitrogen and oxygen atoms in total. The molecule has 1 aliphatic heterocycles. The van der Waals surface area contributed by atoms with Gasteiger partial charge in [-0.15, -0.1) is 0 Å². The summed E-state index contributed by atoms with van der Waals surface area (Å²) in [5.74, 6) is 0. The average molecular weight is 420 g/mol. The number of rotatable bonds is 5. The first-order valence-electron chi connectivity index (χ1n) is 10.5. The minimum absolute atomic E-state index is 0.756. The number of nitrogens with one attached hydrogen (secondary N) is 1. The second-order valence-corrected chi connectivity index (χ2v) is 8.48. The van der Waals surface area contributed by atoms with Crippen LogP contribution in [0.25, 0.3) is 0 Å². The summed E-state index contributed by atoms with van der Waals surface area (Å²) in [5, 5.41) is 8.60.